The van der Waals surface area contributed by atoms with Crippen LogP contribution in [-0.4, -0.2) is 40.2 Å². The topological polar surface area (TPSA) is 60.2 Å². The van der Waals surface area contributed by atoms with Gasteiger partial charge in [0, 0.05) is 30.8 Å². The maximum atomic E-state index is 11.9. The summed E-state index contributed by atoms with van der Waals surface area (Å²) in [5.74, 6) is 0.213. The van der Waals surface area contributed by atoms with Crippen molar-refractivity contribution in [2.24, 2.45) is 0 Å². The zero-order chi connectivity index (χ0) is 17.2. The van der Waals surface area contributed by atoms with Gasteiger partial charge in [0.1, 0.15) is 5.69 Å². The van der Waals surface area contributed by atoms with Crippen LogP contribution >= 0.6 is 0 Å². The fourth-order valence-corrected chi connectivity index (χ4v) is 3.70. The highest BCUT2D eigenvalue weighted by atomic mass is 16.5. The van der Waals surface area contributed by atoms with Crippen molar-refractivity contribution in [1.29, 1.82) is 0 Å². The lowest BCUT2D eigenvalue weighted by Gasteiger charge is -2.21. The van der Waals surface area contributed by atoms with Crippen LogP contribution in [0.3, 0.4) is 0 Å². The number of ether oxygens (including phenoxy) is 1. The van der Waals surface area contributed by atoms with Gasteiger partial charge < -0.3 is 9.64 Å². The molecule has 4 rings (SSSR count). The van der Waals surface area contributed by atoms with Gasteiger partial charge in [0.15, 0.2) is 0 Å². The molecule has 0 N–H and O–H groups in total. The summed E-state index contributed by atoms with van der Waals surface area (Å²) in [6.45, 7) is 4.48. The van der Waals surface area contributed by atoms with E-state index in [-0.39, 0.29) is 12.0 Å². The highest BCUT2D eigenvalue weighted by Crippen LogP contribution is 2.28. The van der Waals surface area contributed by atoms with E-state index in [2.05, 4.69) is 23.3 Å². The molecule has 1 aromatic carbocycles. The highest BCUT2D eigenvalue weighted by molar-refractivity contribution is 5.95. The summed E-state index contributed by atoms with van der Waals surface area (Å²) in [5, 5.41) is 8.59. The smallest absolute Gasteiger partial charge is 0.227 e. The van der Waals surface area contributed by atoms with Crippen molar-refractivity contribution in [3.63, 3.8) is 0 Å². The minimum Gasteiger partial charge on any atom is -0.376 e. The van der Waals surface area contributed by atoms with E-state index < -0.39 is 0 Å². The standard InChI is InChI=1S/C19H24N4O2/c1-14-11-15(23-9-4-6-19(23)24)7-8-17(14)18-13-22(21-20-18)12-16-5-2-3-10-25-16/h7-8,11,13,16H,2-6,9-10,12H2,1H3/t16-/m1/s1. The predicted octanol–water partition coefficient (Wildman–Crippen LogP) is 2.95. The molecule has 6 heteroatoms. The number of anilines is 1. The van der Waals surface area contributed by atoms with Gasteiger partial charge in [-0.2, -0.15) is 0 Å². The van der Waals surface area contributed by atoms with Gasteiger partial charge in [-0.25, -0.2) is 4.68 Å². The molecule has 1 atom stereocenters. The molecule has 0 aliphatic carbocycles. The Morgan fingerprint density at radius 3 is 2.92 bits per heavy atom. The minimum atomic E-state index is 0.213. The molecule has 0 spiro atoms. The Balaban J connectivity index is 1.50. The van der Waals surface area contributed by atoms with Gasteiger partial charge in [-0.15, -0.1) is 5.10 Å². The Morgan fingerprint density at radius 1 is 1.28 bits per heavy atom. The van der Waals surface area contributed by atoms with E-state index in [0.29, 0.717) is 6.42 Å². The van der Waals surface area contributed by atoms with Crippen molar-refractivity contribution in [3.8, 4) is 11.3 Å². The van der Waals surface area contributed by atoms with Gasteiger partial charge in [0.2, 0.25) is 5.91 Å². The number of carbonyl (C=O) groups is 1. The van der Waals surface area contributed by atoms with Crippen molar-refractivity contribution in [2.75, 3.05) is 18.1 Å². The lowest BCUT2D eigenvalue weighted by atomic mass is 10.0. The molecule has 1 aromatic heterocycles. The van der Waals surface area contributed by atoms with Gasteiger partial charge in [-0.05, 0) is 50.3 Å². The normalized spacial score (nSPS) is 21.1. The zero-order valence-corrected chi connectivity index (χ0v) is 14.6. The summed E-state index contributed by atoms with van der Waals surface area (Å²) in [7, 11) is 0. The van der Waals surface area contributed by atoms with Gasteiger partial charge in [0.25, 0.3) is 0 Å². The van der Waals surface area contributed by atoms with E-state index >= 15 is 0 Å². The molecule has 2 aliphatic heterocycles. The fraction of sp³-hybridized carbons (Fsp3) is 0.526. The molecular formula is C19H24N4O2. The Hall–Kier alpha value is -2.21. The number of amides is 1. The van der Waals surface area contributed by atoms with E-state index in [4.69, 9.17) is 4.74 Å². The number of carbonyl (C=O) groups excluding carboxylic acids is 1. The van der Waals surface area contributed by atoms with E-state index in [1.54, 1.807) is 0 Å². The molecular weight excluding hydrogens is 316 g/mol. The van der Waals surface area contributed by atoms with Gasteiger partial charge in [0.05, 0.1) is 18.8 Å². The van der Waals surface area contributed by atoms with Gasteiger partial charge >= 0.3 is 0 Å². The van der Waals surface area contributed by atoms with Crippen LogP contribution in [0.15, 0.2) is 24.4 Å². The Morgan fingerprint density at radius 2 is 2.20 bits per heavy atom. The third-order valence-electron chi connectivity index (χ3n) is 5.07. The van der Waals surface area contributed by atoms with Gasteiger partial charge in [-0.1, -0.05) is 11.3 Å². The Kier molecular flexibility index (Phi) is 4.53. The third-order valence-corrected chi connectivity index (χ3v) is 5.07. The van der Waals surface area contributed by atoms with Crippen molar-refractivity contribution >= 4 is 11.6 Å². The van der Waals surface area contributed by atoms with Crippen LogP contribution < -0.4 is 4.90 Å². The fourth-order valence-electron chi connectivity index (χ4n) is 3.70. The summed E-state index contributed by atoms with van der Waals surface area (Å²) in [6.07, 6.45) is 7.29. The molecule has 2 saturated heterocycles. The second-order valence-corrected chi connectivity index (χ2v) is 6.96. The second-order valence-electron chi connectivity index (χ2n) is 6.96. The van der Waals surface area contributed by atoms with Crippen molar-refractivity contribution < 1.29 is 9.53 Å². The van der Waals surface area contributed by atoms with Crippen molar-refractivity contribution in [3.05, 3.63) is 30.0 Å². The van der Waals surface area contributed by atoms with Gasteiger partial charge in [-0.3, -0.25) is 4.79 Å². The maximum absolute atomic E-state index is 11.9. The molecule has 6 nitrogen and oxygen atoms in total. The van der Waals surface area contributed by atoms with E-state index in [9.17, 15) is 4.79 Å². The predicted molar refractivity (Wildman–Crippen MR) is 95.4 cm³/mol. The van der Waals surface area contributed by atoms with Crippen molar-refractivity contribution in [2.45, 2.75) is 51.7 Å². The first-order valence-electron chi connectivity index (χ1n) is 9.14. The number of hydrogen-bond acceptors (Lipinski definition) is 4. The zero-order valence-electron chi connectivity index (χ0n) is 14.6. The van der Waals surface area contributed by atoms with E-state index in [0.717, 1.165) is 61.5 Å². The Labute approximate surface area is 147 Å². The van der Waals surface area contributed by atoms with Crippen LogP contribution in [0.5, 0.6) is 0 Å². The maximum Gasteiger partial charge on any atom is 0.227 e. The van der Waals surface area contributed by atoms with Crippen LogP contribution in [0.1, 0.15) is 37.7 Å². The second kappa shape index (κ2) is 6.96. The molecule has 0 unspecified atom stereocenters. The van der Waals surface area contributed by atoms with Crippen molar-refractivity contribution in [1.82, 2.24) is 15.0 Å². The van der Waals surface area contributed by atoms with Crippen LogP contribution in [-0.2, 0) is 16.1 Å². The quantitative estimate of drug-likeness (QED) is 0.858. The molecule has 0 radical (unpaired) electrons. The SMILES string of the molecule is Cc1cc(N2CCCC2=O)ccc1-c1cn(C[C@H]2CCCCO2)nn1. The molecule has 0 bridgehead atoms. The van der Waals surface area contributed by atoms with E-state index in [1.807, 2.05) is 27.9 Å². The first kappa shape index (κ1) is 16.3. The third kappa shape index (κ3) is 3.44. The summed E-state index contributed by atoms with van der Waals surface area (Å²) < 4.78 is 7.65. The number of aromatic nitrogens is 3. The number of nitrogens with zero attached hydrogens (tertiary/aromatic N) is 4. The number of aryl methyl sites for hydroxylation is 1. The minimum absolute atomic E-state index is 0.213. The molecule has 2 fully saturated rings. The largest absolute Gasteiger partial charge is 0.376 e. The van der Waals surface area contributed by atoms with Crippen LogP contribution in [0, 0.1) is 6.92 Å². The van der Waals surface area contributed by atoms with Crippen LogP contribution in [0.4, 0.5) is 5.69 Å². The summed E-state index contributed by atoms with van der Waals surface area (Å²) in [5.41, 5.74) is 4.02. The first-order valence-corrected chi connectivity index (χ1v) is 9.14. The lowest BCUT2D eigenvalue weighted by Crippen LogP contribution is -2.24. The average Bonchev–Trinajstić information content (AvgIpc) is 3.25. The van der Waals surface area contributed by atoms with Crippen LogP contribution in [0.25, 0.3) is 11.3 Å². The summed E-state index contributed by atoms with van der Waals surface area (Å²) in [6, 6.07) is 6.12. The average molecular weight is 340 g/mol. The number of benzene rings is 1. The molecule has 2 aromatic rings. The molecule has 0 saturated carbocycles. The first-order chi connectivity index (χ1) is 12.2. The Bertz CT molecular complexity index is 765. The lowest BCUT2D eigenvalue weighted by molar-refractivity contribution is -0.117. The number of hydrogen-bond donors (Lipinski definition) is 0. The molecule has 3 heterocycles. The molecule has 2 aliphatic rings. The highest BCUT2D eigenvalue weighted by Gasteiger charge is 2.22. The van der Waals surface area contributed by atoms with E-state index in [1.165, 1.54) is 6.42 Å². The number of rotatable bonds is 4. The molecule has 1 amide bonds. The summed E-state index contributed by atoms with van der Waals surface area (Å²) in [4.78, 5) is 13.8. The van der Waals surface area contributed by atoms with Crippen LogP contribution in [0.2, 0.25) is 0 Å². The summed E-state index contributed by atoms with van der Waals surface area (Å²) >= 11 is 0. The monoisotopic (exact) mass is 340 g/mol. The molecule has 132 valence electrons. The molecule has 25 heavy (non-hydrogen) atoms.